The van der Waals surface area contributed by atoms with E-state index in [-0.39, 0.29) is 46.0 Å². The summed E-state index contributed by atoms with van der Waals surface area (Å²) in [6, 6.07) is 4.55. The summed E-state index contributed by atoms with van der Waals surface area (Å²) >= 11 is 0. The molecule has 0 saturated carbocycles. The quantitative estimate of drug-likeness (QED) is 0.219. The Morgan fingerprint density at radius 2 is 1.98 bits per heavy atom. The van der Waals surface area contributed by atoms with Crippen LogP contribution in [0.25, 0.3) is 0 Å². The first kappa shape index (κ1) is 30.9. The van der Waals surface area contributed by atoms with Crippen LogP contribution >= 0.6 is 21.6 Å². The van der Waals surface area contributed by atoms with Gasteiger partial charge in [0.1, 0.15) is 46.7 Å². The Hall–Kier alpha value is -2.78. The van der Waals surface area contributed by atoms with E-state index in [1.54, 1.807) is 29.9 Å². The zero-order valence-corrected chi connectivity index (χ0v) is 26.2. The standard InChI is InChI=1S/C32H36N2O9S2/c1-15-11-19-25(37)18-3-2-4-20-24(18)27(39)31(19,22(36)12-15)14-44-45-23-6-5-17-16(8-10-33-29(17)34-23)7-9-32(41)26(38)21(13-35)43-30(42-20)28(32)40/h2-4,8,11-12,19,21,23,26,28,30,33-36,38,40-41H,5-7,9-10,13-14H2,1H3. The lowest BCUT2D eigenvalue weighted by atomic mass is 9.60. The molecule has 7 aliphatic rings. The number of carbonyl (C=O) groups is 2. The van der Waals surface area contributed by atoms with Crippen molar-refractivity contribution in [3.8, 4) is 5.75 Å². The van der Waals surface area contributed by atoms with Gasteiger partial charge in [0.15, 0.2) is 11.6 Å². The normalized spacial score (nSPS) is 37.9. The smallest absolute Gasteiger partial charge is 0.229 e. The minimum absolute atomic E-state index is 0.0173. The Labute approximate surface area is 267 Å². The Morgan fingerprint density at radius 1 is 1.16 bits per heavy atom. The van der Waals surface area contributed by atoms with Crippen molar-refractivity contribution in [2.24, 2.45) is 11.3 Å². The molecular formula is C32H36N2O9S2. The molecule has 1 saturated heterocycles. The first-order valence-corrected chi connectivity index (χ1v) is 17.5. The fourth-order valence-electron chi connectivity index (χ4n) is 7.38. The molecule has 0 amide bonds. The van der Waals surface area contributed by atoms with Crippen LogP contribution in [0.3, 0.4) is 0 Å². The van der Waals surface area contributed by atoms with Gasteiger partial charge in [-0.25, -0.2) is 0 Å². The van der Waals surface area contributed by atoms with Crippen molar-refractivity contribution < 1.29 is 44.6 Å². The topological polar surface area (TPSA) is 178 Å². The van der Waals surface area contributed by atoms with Gasteiger partial charge in [-0.15, -0.1) is 0 Å². The number of fused-ring (bicyclic) bond motifs is 4. The van der Waals surface area contributed by atoms with E-state index in [1.807, 2.05) is 6.08 Å². The van der Waals surface area contributed by atoms with E-state index < -0.39 is 53.9 Å². The number of ether oxygens (including phenoxy) is 2. The lowest BCUT2D eigenvalue weighted by molar-refractivity contribution is -0.315. The summed E-state index contributed by atoms with van der Waals surface area (Å²) in [5, 5.41) is 62.9. The Bertz CT molecular complexity index is 1570. The highest BCUT2D eigenvalue weighted by Crippen LogP contribution is 2.53. The van der Waals surface area contributed by atoms with E-state index in [0.717, 1.165) is 29.8 Å². The third-order valence-electron chi connectivity index (χ3n) is 9.90. The highest BCUT2D eigenvalue weighted by atomic mass is 33.1. The molecule has 1 fully saturated rings. The second kappa shape index (κ2) is 11.5. The number of benzene rings is 1. The number of carbonyl (C=O) groups excluding carboxylic acids is 2. The number of allylic oxidation sites excluding steroid dienone is 6. The van der Waals surface area contributed by atoms with Gasteiger partial charge in [0.2, 0.25) is 6.29 Å². The van der Waals surface area contributed by atoms with Crippen LogP contribution in [0.1, 0.15) is 53.3 Å². The number of aliphatic hydroxyl groups is 5. The van der Waals surface area contributed by atoms with Crippen molar-refractivity contribution in [2.45, 2.75) is 68.2 Å². The van der Waals surface area contributed by atoms with Crippen molar-refractivity contribution in [3.63, 3.8) is 0 Å². The molecule has 11 nitrogen and oxygen atoms in total. The summed E-state index contributed by atoms with van der Waals surface area (Å²) in [5.74, 6) is -1.09. The maximum Gasteiger partial charge on any atom is 0.229 e. The summed E-state index contributed by atoms with van der Waals surface area (Å²) in [6.45, 7) is 1.65. The maximum atomic E-state index is 14.7. The van der Waals surface area contributed by atoms with Crippen LogP contribution in [0.2, 0.25) is 0 Å². The van der Waals surface area contributed by atoms with Gasteiger partial charge in [0.25, 0.3) is 0 Å². The molecule has 13 heteroatoms. The minimum Gasteiger partial charge on any atom is -0.511 e. The molecular weight excluding hydrogens is 620 g/mol. The van der Waals surface area contributed by atoms with Crippen molar-refractivity contribution in [3.05, 3.63) is 75.9 Å². The van der Waals surface area contributed by atoms with Gasteiger partial charge in [-0.3, -0.25) is 9.59 Å². The first-order valence-electron chi connectivity index (χ1n) is 15.1. The second-order valence-electron chi connectivity index (χ2n) is 12.5. The summed E-state index contributed by atoms with van der Waals surface area (Å²) in [7, 11) is 2.97. The molecule has 8 unspecified atom stereocenters. The van der Waals surface area contributed by atoms with Gasteiger partial charge in [-0.1, -0.05) is 51.4 Å². The molecule has 0 aromatic heterocycles. The van der Waals surface area contributed by atoms with Crippen LogP contribution < -0.4 is 15.4 Å². The summed E-state index contributed by atoms with van der Waals surface area (Å²) in [6.07, 6.45) is 0.704. The molecule has 1 spiro atoms. The number of nitrogens with one attached hydrogen (secondary N) is 2. The molecule has 8 bridgehead atoms. The third-order valence-corrected chi connectivity index (χ3v) is 12.7. The molecule has 45 heavy (non-hydrogen) atoms. The Kier molecular flexibility index (Phi) is 7.87. The van der Waals surface area contributed by atoms with E-state index in [4.69, 9.17) is 9.47 Å². The van der Waals surface area contributed by atoms with E-state index in [0.29, 0.717) is 18.5 Å². The van der Waals surface area contributed by atoms with Crippen LogP contribution in [0.4, 0.5) is 0 Å². The lowest BCUT2D eigenvalue weighted by Crippen LogP contribution is -2.68. The van der Waals surface area contributed by atoms with Crippen LogP contribution in [-0.4, -0.2) is 91.6 Å². The molecule has 5 aliphatic heterocycles. The van der Waals surface area contributed by atoms with Crippen molar-refractivity contribution in [1.82, 2.24) is 10.6 Å². The van der Waals surface area contributed by atoms with Crippen molar-refractivity contribution in [2.75, 3.05) is 18.9 Å². The Morgan fingerprint density at radius 3 is 2.78 bits per heavy atom. The zero-order chi connectivity index (χ0) is 31.7. The fraction of sp³-hybridized carbons (Fsp3) is 0.500. The second-order valence-corrected chi connectivity index (χ2v) is 15.0. The number of hydrogen-bond acceptors (Lipinski definition) is 13. The van der Waals surface area contributed by atoms with Gasteiger partial charge in [0, 0.05) is 17.9 Å². The van der Waals surface area contributed by atoms with Gasteiger partial charge < -0.3 is 45.6 Å². The molecule has 1 aromatic rings. The number of dihydropyridines is 1. The van der Waals surface area contributed by atoms with Gasteiger partial charge in [-0.2, -0.15) is 0 Å². The molecule has 0 radical (unpaired) electrons. The van der Waals surface area contributed by atoms with Crippen molar-refractivity contribution >= 4 is 33.2 Å². The molecule has 2 aliphatic carbocycles. The molecule has 8 rings (SSSR count). The number of hydrogen-bond donors (Lipinski definition) is 7. The van der Waals surface area contributed by atoms with E-state index in [1.165, 1.54) is 29.0 Å². The summed E-state index contributed by atoms with van der Waals surface area (Å²) in [5.41, 5.74) is -0.969. The van der Waals surface area contributed by atoms with Crippen LogP contribution in [0.15, 0.2) is 64.7 Å². The molecule has 5 heterocycles. The molecule has 240 valence electrons. The SMILES string of the molecule is CC1=CC2C(=O)c3cccc4c3C(=O)C2(CSSC2CCC3=C(NCC=C3CCC3(O)C(O)C(CO)OC(O4)C3O)N2)C(O)=C1. The van der Waals surface area contributed by atoms with Crippen molar-refractivity contribution in [1.29, 1.82) is 0 Å². The average Bonchev–Trinajstić information content (AvgIpc) is 3.03. The molecule has 8 atom stereocenters. The van der Waals surface area contributed by atoms with Gasteiger partial charge in [0.05, 0.1) is 23.5 Å². The highest BCUT2D eigenvalue weighted by Gasteiger charge is 2.59. The largest absolute Gasteiger partial charge is 0.511 e. The number of Topliss-reactive ketones (excluding diaryl/α,β-unsaturated/α-hetero) is 2. The number of rotatable bonds is 1. The monoisotopic (exact) mass is 656 g/mol. The van der Waals surface area contributed by atoms with E-state index >= 15 is 0 Å². The third kappa shape index (κ3) is 4.78. The summed E-state index contributed by atoms with van der Waals surface area (Å²) < 4.78 is 11.9. The Balaban J connectivity index is 1.36. The van der Waals surface area contributed by atoms with Gasteiger partial charge in [-0.05, 0) is 55.9 Å². The molecule has 7 N–H and O–H groups in total. The van der Waals surface area contributed by atoms with Crippen LogP contribution in [0.5, 0.6) is 5.75 Å². The minimum atomic E-state index is -2.14. The first-order chi connectivity index (χ1) is 21.6. The zero-order valence-electron chi connectivity index (χ0n) is 24.6. The summed E-state index contributed by atoms with van der Waals surface area (Å²) in [4.78, 5) is 28.7. The van der Waals surface area contributed by atoms with E-state index in [2.05, 4.69) is 10.6 Å². The van der Waals surface area contributed by atoms with Crippen LogP contribution in [0, 0.1) is 11.3 Å². The van der Waals surface area contributed by atoms with Gasteiger partial charge >= 0.3 is 0 Å². The van der Waals surface area contributed by atoms with Crippen LogP contribution in [-0.2, 0) is 4.74 Å². The molecule has 1 aromatic carbocycles. The predicted octanol–water partition coefficient (Wildman–Crippen LogP) is 2.24. The fourth-order valence-corrected chi connectivity index (χ4v) is 10.3. The highest BCUT2D eigenvalue weighted by molar-refractivity contribution is 8.76. The number of ketones is 2. The number of aliphatic hydroxyl groups excluding tert-OH is 4. The lowest BCUT2D eigenvalue weighted by Gasteiger charge is -2.48. The average molecular weight is 657 g/mol. The van der Waals surface area contributed by atoms with E-state index in [9.17, 15) is 35.1 Å². The predicted molar refractivity (Wildman–Crippen MR) is 167 cm³/mol. The maximum absolute atomic E-state index is 14.7.